The van der Waals surface area contributed by atoms with Gasteiger partial charge in [0.25, 0.3) is 0 Å². The lowest BCUT2D eigenvalue weighted by molar-refractivity contribution is 0.105. The van der Waals surface area contributed by atoms with Crippen LogP contribution in [0.15, 0.2) is 34.1 Å². The van der Waals surface area contributed by atoms with E-state index in [-0.39, 0.29) is 11.4 Å². The molecule has 130 valence electrons. The highest BCUT2D eigenvalue weighted by Gasteiger charge is 2.26. The maximum atomic E-state index is 13.6. The van der Waals surface area contributed by atoms with Crippen LogP contribution in [0.1, 0.15) is 0 Å². The van der Waals surface area contributed by atoms with Crippen molar-refractivity contribution in [2.24, 2.45) is 0 Å². The van der Waals surface area contributed by atoms with Crippen LogP contribution in [0.5, 0.6) is 0 Å². The van der Waals surface area contributed by atoms with Crippen LogP contribution in [0, 0.1) is 29.1 Å². The van der Waals surface area contributed by atoms with E-state index in [0.717, 1.165) is 0 Å². The second-order valence-electron chi connectivity index (χ2n) is 4.74. The van der Waals surface area contributed by atoms with Crippen molar-refractivity contribution in [1.29, 1.82) is 0 Å². The van der Waals surface area contributed by atoms with Crippen LogP contribution in [-0.2, 0) is 0 Å². The summed E-state index contributed by atoms with van der Waals surface area (Å²) < 4.78 is 66.5. The van der Waals surface area contributed by atoms with E-state index in [9.17, 15) is 27.1 Å². The molecule has 3 nitrogen and oxygen atoms in total. The number of hydrogen-bond donors (Lipinski definition) is 3. The van der Waals surface area contributed by atoms with Gasteiger partial charge in [-0.25, -0.2) is 22.0 Å². The number of hydrogen-bond acceptors (Lipinski definition) is 4. The van der Waals surface area contributed by atoms with Gasteiger partial charge in [-0.3, -0.25) is 0 Å². The molecule has 0 radical (unpaired) electrons. The van der Waals surface area contributed by atoms with Crippen LogP contribution < -0.4 is 5.32 Å². The van der Waals surface area contributed by atoms with Gasteiger partial charge in [0.05, 0.1) is 17.6 Å². The van der Waals surface area contributed by atoms with Crippen molar-refractivity contribution in [2.45, 2.75) is 15.9 Å². The summed E-state index contributed by atoms with van der Waals surface area (Å²) in [6, 6.07) is 5.82. The van der Waals surface area contributed by atoms with Gasteiger partial charge in [-0.15, -0.1) is 0 Å². The second-order valence-corrected chi connectivity index (χ2v) is 5.83. The molecule has 2 rings (SSSR count). The predicted molar refractivity (Wildman–Crippen MR) is 78.4 cm³/mol. The number of rotatable bonds is 6. The number of aliphatic hydroxyl groups is 2. The SMILES string of the molecule is OCC(O)CNc1ccc(Sc2c(F)c(F)c(F)c(F)c2F)cc1. The summed E-state index contributed by atoms with van der Waals surface area (Å²) in [5.74, 6) is -9.95. The van der Waals surface area contributed by atoms with Gasteiger partial charge in [0.15, 0.2) is 23.3 Å². The van der Waals surface area contributed by atoms with E-state index < -0.39 is 46.7 Å². The van der Waals surface area contributed by atoms with Crippen molar-refractivity contribution < 1.29 is 32.2 Å². The number of halogens is 5. The van der Waals surface area contributed by atoms with Gasteiger partial charge in [-0.2, -0.15) is 0 Å². The molecule has 0 saturated heterocycles. The highest BCUT2D eigenvalue weighted by atomic mass is 32.2. The molecule has 0 amide bonds. The van der Waals surface area contributed by atoms with Crippen LogP contribution in [-0.4, -0.2) is 29.5 Å². The molecule has 1 atom stereocenters. The molecule has 0 bridgehead atoms. The molecule has 0 aromatic heterocycles. The van der Waals surface area contributed by atoms with Crippen molar-refractivity contribution in [2.75, 3.05) is 18.5 Å². The summed E-state index contributed by atoms with van der Waals surface area (Å²) in [6.45, 7) is -0.332. The zero-order valence-corrected chi connectivity index (χ0v) is 12.8. The van der Waals surface area contributed by atoms with Crippen LogP contribution in [0.4, 0.5) is 27.6 Å². The molecule has 1 unspecified atom stereocenters. The normalized spacial score (nSPS) is 12.3. The lowest BCUT2D eigenvalue weighted by atomic mass is 10.3. The first-order valence-corrected chi connectivity index (χ1v) is 7.49. The maximum Gasteiger partial charge on any atom is 0.200 e. The average molecular weight is 365 g/mol. The minimum Gasteiger partial charge on any atom is -0.394 e. The van der Waals surface area contributed by atoms with E-state index in [1.165, 1.54) is 24.3 Å². The van der Waals surface area contributed by atoms with Gasteiger partial charge in [0.1, 0.15) is 0 Å². The van der Waals surface area contributed by atoms with Crippen molar-refractivity contribution >= 4 is 17.4 Å². The lowest BCUT2D eigenvalue weighted by Gasteiger charge is -2.11. The minimum absolute atomic E-state index is 0.0840. The fraction of sp³-hybridized carbons (Fsp3) is 0.200. The Balaban J connectivity index is 2.18. The summed E-state index contributed by atoms with van der Waals surface area (Å²) in [6.07, 6.45) is -0.951. The van der Waals surface area contributed by atoms with Crippen LogP contribution in [0.2, 0.25) is 0 Å². The first-order valence-electron chi connectivity index (χ1n) is 6.67. The Morgan fingerprint density at radius 1 is 0.875 bits per heavy atom. The standard InChI is InChI=1S/C15H12F5NO2S/c16-10-11(17)13(19)15(14(20)12(10)18)24-9-3-1-7(2-4-9)21-5-8(23)6-22/h1-4,8,21-23H,5-6H2. The Morgan fingerprint density at radius 2 is 1.38 bits per heavy atom. The molecule has 3 N–H and O–H groups in total. The third kappa shape index (κ3) is 3.97. The zero-order valence-electron chi connectivity index (χ0n) is 12.0. The fourth-order valence-corrected chi connectivity index (χ4v) is 2.60. The first kappa shape index (κ1) is 18.5. The molecular weight excluding hydrogens is 353 g/mol. The fourth-order valence-electron chi connectivity index (χ4n) is 1.73. The minimum atomic E-state index is -2.20. The Kier molecular flexibility index (Phi) is 6.03. The number of benzene rings is 2. The van der Waals surface area contributed by atoms with Crippen LogP contribution in [0.25, 0.3) is 0 Å². The quantitative estimate of drug-likeness (QED) is 0.418. The van der Waals surface area contributed by atoms with Gasteiger partial charge in [0.2, 0.25) is 5.82 Å². The molecule has 24 heavy (non-hydrogen) atoms. The average Bonchev–Trinajstić information content (AvgIpc) is 2.60. The van der Waals surface area contributed by atoms with Gasteiger partial charge < -0.3 is 15.5 Å². The lowest BCUT2D eigenvalue weighted by Crippen LogP contribution is -2.22. The largest absolute Gasteiger partial charge is 0.394 e. The van der Waals surface area contributed by atoms with Gasteiger partial charge in [-0.05, 0) is 24.3 Å². The van der Waals surface area contributed by atoms with E-state index in [1.807, 2.05) is 0 Å². The Hall–Kier alpha value is -1.84. The van der Waals surface area contributed by atoms with Crippen molar-refractivity contribution in [3.8, 4) is 0 Å². The third-order valence-corrected chi connectivity index (χ3v) is 4.07. The number of aliphatic hydroxyl groups excluding tert-OH is 2. The monoisotopic (exact) mass is 365 g/mol. The van der Waals surface area contributed by atoms with Gasteiger partial charge >= 0.3 is 0 Å². The molecule has 0 saturated carbocycles. The summed E-state index contributed by atoms with van der Waals surface area (Å²) in [5, 5.41) is 20.7. The maximum absolute atomic E-state index is 13.6. The Labute approximate surface area is 138 Å². The number of anilines is 1. The molecule has 2 aromatic rings. The smallest absolute Gasteiger partial charge is 0.200 e. The van der Waals surface area contributed by atoms with Crippen LogP contribution >= 0.6 is 11.8 Å². The molecule has 0 aliphatic heterocycles. The molecule has 9 heteroatoms. The van der Waals surface area contributed by atoms with Crippen LogP contribution in [0.3, 0.4) is 0 Å². The molecular formula is C15H12F5NO2S. The summed E-state index contributed by atoms with van der Waals surface area (Å²) in [5.41, 5.74) is 0.546. The van der Waals surface area contributed by atoms with Crippen molar-refractivity contribution in [3.05, 3.63) is 53.4 Å². The summed E-state index contributed by atoms with van der Waals surface area (Å²) in [7, 11) is 0. The summed E-state index contributed by atoms with van der Waals surface area (Å²) in [4.78, 5) is -0.728. The molecule has 0 fully saturated rings. The molecule has 0 spiro atoms. The highest BCUT2D eigenvalue weighted by Crippen LogP contribution is 2.35. The number of nitrogens with one attached hydrogen (secondary N) is 1. The van der Waals surface area contributed by atoms with E-state index >= 15 is 0 Å². The van der Waals surface area contributed by atoms with Crippen molar-refractivity contribution in [1.82, 2.24) is 0 Å². The van der Waals surface area contributed by atoms with E-state index in [1.54, 1.807) is 0 Å². The molecule has 0 aliphatic carbocycles. The highest BCUT2D eigenvalue weighted by molar-refractivity contribution is 7.99. The van der Waals surface area contributed by atoms with E-state index in [4.69, 9.17) is 5.11 Å². The third-order valence-electron chi connectivity index (χ3n) is 3.00. The molecule has 2 aromatic carbocycles. The topological polar surface area (TPSA) is 52.5 Å². The van der Waals surface area contributed by atoms with E-state index in [0.29, 0.717) is 17.4 Å². The second kappa shape index (κ2) is 7.82. The predicted octanol–water partition coefficient (Wildman–Crippen LogP) is 3.30. The van der Waals surface area contributed by atoms with Crippen molar-refractivity contribution in [3.63, 3.8) is 0 Å². The molecule has 0 heterocycles. The Bertz CT molecular complexity index is 698. The Morgan fingerprint density at radius 3 is 1.88 bits per heavy atom. The first-order chi connectivity index (χ1) is 11.3. The van der Waals surface area contributed by atoms with Gasteiger partial charge in [-0.1, -0.05) is 11.8 Å². The molecule has 0 aliphatic rings. The summed E-state index contributed by atoms with van der Waals surface area (Å²) >= 11 is 0.402. The van der Waals surface area contributed by atoms with E-state index in [2.05, 4.69) is 5.32 Å². The zero-order chi connectivity index (χ0) is 17.9. The van der Waals surface area contributed by atoms with Gasteiger partial charge in [0, 0.05) is 17.1 Å².